The highest BCUT2D eigenvalue weighted by atomic mass is 35.5. The lowest BCUT2D eigenvalue weighted by atomic mass is 9.81. The second-order valence-corrected chi connectivity index (χ2v) is 8.24. The number of halogens is 4. The largest absolute Gasteiger partial charge is 0.416 e. The molecule has 10 heteroatoms. The van der Waals surface area contributed by atoms with Crippen molar-refractivity contribution in [1.29, 1.82) is 0 Å². The van der Waals surface area contributed by atoms with Gasteiger partial charge in [-0.15, -0.1) is 10.2 Å². The van der Waals surface area contributed by atoms with E-state index in [0.717, 1.165) is 17.7 Å². The van der Waals surface area contributed by atoms with Crippen LogP contribution < -0.4 is 5.32 Å². The lowest BCUT2D eigenvalue weighted by molar-refractivity contribution is -0.137. The van der Waals surface area contributed by atoms with Crippen LogP contribution >= 0.6 is 11.6 Å². The summed E-state index contributed by atoms with van der Waals surface area (Å²) >= 11 is 6.25. The van der Waals surface area contributed by atoms with Gasteiger partial charge < -0.3 is 10.1 Å². The standard InChI is InChI=1S/C22H18ClF3N4O2/c1-12-16(18-8-17(19(23)30-29-18)21(2)10-32-11-21)7-15(9-27-12)28-20(31)13-4-3-5-14(6-13)22(24,25)26/h3-9H,10-11H2,1-2H3,(H,28,31). The molecule has 1 aliphatic rings. The van der Waals surface area contributed by atoms with Crippen LogP contribution in [-0.4, -0.2) is 34.3 Å². The number of nitrogens with zero attached hydrogens (tertiary/aromatic N) is 3. The molecule has 1 amide bonds. The number of hydrogen-bond donors (Lipinski definition) is 1. The molecule has 1 aromatic carbocycles. The van der Waals surface area contributed by atoms with Gasteiger partial charge in [-0.25, -0.2) is 0 Å². The minimum Gasteiger partial charge on any atom is -0.379 e. The average molecular weight is 463 g/mol. The summed E-state index contributed by atoms with van der Waals surface area (Å²) in [5, 5.41) is 11.1. The molecule has 3 heterocycles. The van der Waals surface area contributed by atoms with Crippen molar-refractivity contribution in [3.8, 4) is 11.3 Å². The van der Waals surface area contributed by atoms with Gasteiger partial charge in [0.2, 0.25) is 0 Å². The molecule has 0 unspecified atom stereocenters. The molecule has 32 heavy (non-hydrogen) atoms. The van der Waals surface area contributed by atoms with Crippen molar-refractivity contribution in [2.75, 3.05) is 18.5 Å². The average Bonchev–Trinajstić information content (AvgIpc) is 2.73. The number of amides is 1. The van der Waals surface area contributed by atoms with E-state index in [4.69, 9.17) is 16.3 Å². The van der Waals surface area contributed by atoms with Gasteiger partial charge in [-0.1, -0.05) is 24.6 Å². The van der Waals surface area contributed by atoms with E-state index in [0.29, 0.717) is 41.0 Å². The number of ether oxygens (including phenoxy) is 1. The predicted octanol–water partition coefficient (Wildman–Crippen LogP) is 5.06. The second kappa shape index (κ2) is 8.14. The van der Waals surface area contributed by atoms with Crippen molar-refractivity contribution in [3.05, 3.63) is 70.1 Å². The summed E-state index contributed by atoms with van der Waals surface area (Å²) in [7, 11) is 0. The van der Waals surface area contributed by atoms with E-state index in [1.807, 2.05) is 13.0 Å². The normalized spacial score (nSPS) is 15.2. The Hall–Kier alpha value is -3.04. The first-order valence-corrected chi connectivity index (χ1v) is 10.0. The monoisotopic (exact) mass is 462 g/mol. The Kier molecular flexibility index (Phi) is 5.64. The van der Waals surface area contributed by atoms with Crippen LogP contribution in [0, 0.1) is 6.92 Å². The molecule has 2 aromatic heterocycles. The first kappa shape index (κ1) is 22.2. The highest BCUT2D eigenvalue weighted by molar-refractivity contribution is 6.30. The van der Waals surface area contributed by atoms with Crippen molar-refractivity contribution in [1.82, 2.24) is 15.2 Å². The van der Waals surface area contributed by atoms with E-state index >= 15 is 0 Å². The number of nitrogens with one attached hydrogen (secondary N) is 1. The van der Waals surface area contributed by atoms with Gasteiger partial charge in [0.15, 0.2) is 5.15 Å². The third-order valence-electron chi connectivity index (χ3n) is 5.31. The van der Waals surface area contributed by atoms with Gasteiger partial charge in [0.1, 0.15) is 0 Å². The molecule has 0 atom stereocenters. The van der Waals surface area contributed by atoms with Gasteiger partial charge in [-0.05, 0) is 37.3 Å². The zero-order valence-corrected chi connectivity index (χ0v) is 17.9. The van der Waals surface area contributed by atoms with Gasteiger partial charge in [0.25, 0.3) is 5.91 Å². The number of pyridine rings is 1. The maximum atomic E-state index is 12.9. The van der Waals surface area contributed by atoms with E-state index in [2.05, 4.69) is 20.5 Å². The Balaban J connectivity index is 1.63. The fourth-order valence-electron chi connectivity index (χ4n) is 3.40. The molecule has 4 rings (SSSR count). The number of hydrogen-bond acceptors (Lipinski definition) is 5. The second-order valence-electron chi connectivity index (χ2n) is 7.88. The summed E-state index contributed by atoms with van der Waals surface area (Å²) in [6, 6.07) is 7.68. The summed E-state index contributed by atoms with van der Waals surface area (Å²) in [6.07, 6.45) is -3.11. The number of carbonyl (C=O) groups excluding carboxylic acids is 1. The molecule has 0 radical (unpaired) electrons. The summed E-state index contributed by atoms with van der Waals surface area (Å²) in [4.78, 5) is 16.8. The van der Waals surface area contributed by atoms with Gasteiger partial charge in [0, 0.05) is 27.8 Å². The summed E-state index contributed by atoms with van der Waals surface area (Å²) < 4.78 is 44.2. The lowest BCUT2D eigenvalue weighted by Crippen LogP contribution is -2.44. The third kappa shape index (κ3) is 4.31. The Morgan fingerprint density at radius 2 is 1.94 bits per heavy atom. The van der Waals surface area contributed by atoms with E-state index in [-0.39, 0.29) is 11.0 Å². The molecule has 0 spiro atoms. The molecule has 0 saturated carbocycles. The molecule has 0 bridgehead atoms. The van der Waals surface area contributed by atoms with E-state index < -0.39 is 17.6 Å². The van der Waals surface area contributed by atoms with Crippen LogP contribution in [0.15, 0.2) is 42.6 Å². The topological polar surface area (TPSA) is 77.0 Å². The van der Waals surface area contributed by atoms with E-state index in [9.17, 15) is 18.0 Å². The first-order chi connectivity index (χ1) is 15.1. The zero-order chi connectivity index (χ0) is 23.1. The Morgan fingerprint density at radius 3 is 2.59 bits per heavy atom. The van der Waals surface area contributed by atoms with Gasteiger partial charge in [0.05, 0.1) is 36.4 Å². The number of anilines is 1. The smallest absolute Gasteiger partial charge is 0.379 e. The number of aromatic nitrogens is 3. The van der Waals surface area contributed by atoms with Crippen molar-refractivity contribution in [2.45, 2.75) is 25.4 Å². The first-order valence-electron chi connectivity index (χ1n) is 9.64. The number of carbonyl (C=O) groups is 1. The summed E-state index contributed by atoms with van der Waals surface area (Å²) in [6.45, 7) is 4.82. The maximum absolute atomic E-state index is 12.9. The SMILES string of the molecule is Cc1ncc(NC(=O)c2cccc(C(F)(F)F)c2)cc1-c1cc(C2(C)COC2)c(Cl)nn1. The molecular formula is C22H18ClF3N4O2. The number of alkyl halides is 3. The van der Waals surface area contributed by atoms with Crippen molar-refractivity contribution in [2.24, 2.45) is 0 Å². The van der Waals surface area contributed by atoms with Gasteiger partial charge in [-0.3, -0.25) is 9.78 Å². The quantitative estimate of drug-likeness (QED) is 0.586. The van der Waals surface area contributed by atoms with E-state index in [1.165, 1.54) is 18.3 Å². The van der Waals surface area contributed by atoms with Crippen molar-refractivity contribution in [3.63, 3.8) is 0 Å². The third-order valence-corrected chi connectivity index (χ3v) is 5.59. The fraction of sp³-hybridized carbons (Fsp3) is 0.273. The molecule has 1 fully saturated rings. The van der Waals surface area contributed by atoms with Gasteiger partial charge >= 0.3 is 6.18 Å². The summed E-state index contributed by atoms with van der Waals surface area (Å²) in [5.41, 5.74) is 1.59. The minimum atomic E-state index is -4.54. The Labute approximate surface area is 186 Å². The van der Waals surface area contributed by atoms with Crippen LogP contribution in [0.25, 0.3) is 11.3 Å². The Morgan fingerprint density at radius 1 is 1.19 bits per heavy atom. The lowest BCUT2D eigenvalue weighted by Gasteiger charge is -2.38. The number of benzene rings is 1. The zero-order valence-electron chi connectivity index (χ0n) is 17.1. The van der Waals surface area contributed by atoms with Crippen LogP contribution in [0.4, 0.5) is 18.9 Å². The number of aryl methyl sites for hydroxylation is 1. The highest BCUT2D eigenvalue weighted by Gasteiger charge is 2.38. The molecule has 0 aliphatic carbocycles. The molecule has 1 saturated heterocycles. The fourth-order valence-corrected chi connectivity index (χ4v) is 3.72. The maximum Gasteiger partial charge on any atom is 0.416 e. The van der Waals surface area contributed by atoms with Crippen LogP contribution in [0.3, 0.4) is 0 Å². The van der Waals surface area contributed by atoms with Crippen LogP contribution in [0.1, 0.15) is 34.1 Å². The molecule has 166 valence electrons. The van der Waals surface area contributed by atoms with Crippen LogP contribution in [0.2, 0.25) is 5.15 Å². The minimum absolute atomic E-state index is 0.117. The summed E-state index contributed by atoms with van der Waals surface area (Å²) in [5.74, 6) is -0.685. The highest BCUT2D eigenvalue weighted by Crippen LogP contribution is 2.37. The van der Waals surface area contributed by atoms with Crippen molar-refractivity contribution >= 4 is 23.2 Å². The number of rotatable bonds is 4. The van der Waals surface area contributed by atoms with E-state index in [1.54, 1.807) is 13.0 Å². The molecule has 3 aromatic rings. The molecule has 6 nitrogen and oxygen atoms in total. The predicted molar refractivity (Wildman–Crippen MR) is 113 cm³/mol. The molecule has 1 N–H and O–H groups in total. The molecule has 1 aliphatic heterocycles. The van der Waals surface area contributed by atoms with Crippen LogP contribution in [-0.2, 0) is 16.3 Å². The van der Waals surface area contributed by atoms with Crippen molar-refractivity contribution < 1.29 is 22.7 Å². The Bertz CT molecular complexity index is 1200. The van der Waals surface area contributed by atoms with Crippen LogP contribution in [0.5, 0.6) is 0 Å². The van der Waals surface area contributed by atoms with Gasteiger partial charge in [-0.2, -0.15) is 13.2 Å². The molecular weight excluding hydrogens is 445 g/mol.